The Morgan fingerprint density at radius 2 is 2.40 bits per heavy atom. The fourth-order valence-corrected chi connectivity index (χ4v) is 1.67. The third kappa shape index (κ3) is 3.23. The molecule has 0 aromatic carbocycles. The van der Waals surface area contributed by atoms with Crippen LogP contribution in [0.3, 0.4) is 0 Å². The van der Waals surface area contributed by atoms with Gasteiger partial charge < -0.3 is 9.64 Å². The SMILES string of the molecule is CCOC(=O)N1CCCC(Cl)=C(C=O)C1. The monoisotopic (exact) mass is 231 g/mol. The minimum atomic E-state index is -0.386. The van der Waals surface area contributed by atoms with Crippen molar-refractivity contribution in [3.63, 3.8) is 0 Å². The summed E-state index contributed by atoms with van der Waals surface area (Å²) < 4.78 is 4.87. The van der Waals surface area contributed by atoms with E-state index in [0.29, 0.717) is 36.5 Å². The molecule has 0 aromatic rings. The molecule has 84 valence electrons. The van der Waals surface area contributed by atoms with Crippen molar-refractivity contribution in [2.75, 3.05) is 19.7 Å². The summed E-state index contributed by atoms with van der Waals surface area (Å²) >= 11 is 5.90. The number of rotatable bonds is 2. The highest BCUT2D eigenvalue weighted by molar-refractivity contribution is 6.31. The highest BCUT2D eigenvalue weighted by Crippen LogP contribution is 2.20. The number of hydrogen-bond donors (Lipinski definition) is 0. The van der Waals surface area contributed by atoms with Gasteiger partial charge in [-0.2, -0.15) is 0 Å². The molecule has 0 spiro atoms. The summed E-state index contributed by atoms with van der Waals surface area (Å²) in [5.74, 6) is 0. The summed E-state index contributed by atoms with van der Waals surface area (Å²) in [5.41, 5.74) is 0.474. The molecule has 0 bridgehead atoms. The molecule has 5 heteroatoms. The van der Waals surface area contributed by atoms with E-state index in [2.05, 4.69) is 0 Å². The number of aldehydes is 1. The highest BCUT2D eigenvalue weighted by atomic mass is 35.5. The molecule has 1 rings (SSSR count). The number of amides is 1. The molecule has 1 amide bonds. The molecule has 15 heavy (non-hydrogen) atoms. The van der Waals surface area contributed by atoms with Crippen LogP contribution in [0.25, 0.3) is 0 Å². The predicted octanol–water partition coefficient (Wildman–Crippen LogP) is 1.93. The van der Waals surface area contributed by atoms with Crippen molar-refractivity contribution in [2.45, 2.75) is 19.8 Å². The molecule has 0 saturated heterocycles. The molecule has 0 fully saturated rings. The molecule has 0 aliphatic carbocycles. The van der Waals surface area contributed by atoms with Crippen LogP contribution in [-0.4, -0.2) is 37.0 Å². The first-order chi connectivity index (χ1) is 7.19. The lowest BCUT2D eigenvalue weighted by atomic mass is 10.2. The summed E-state index contributed by atoms with van der Waals surface area (Å²) in [6, 6.07) is 0. The van der Waals surface area contributed by atoms with E-state index in [1.165, 1.54) is 4.90 Å². The molecule has 1 aliphatic rings. The topological polar surface area (TPSA) is 46.6 Å². The lowest BCUT2D eigenvalue weighted by Crippen LogP contribution is -2.33. The second kappa shape index (κ2) is 5.75. The fourth-order valence-electron chi connectivity index (χ4n) is 1.43. The van der Waals surface area contributed by atoms with Crippen LogP contribution >= 0.6 is 11.6 Å². The fraction of sp³-hybridized carbons (Fsp3) is 0.600. The Morgan fingerprint density at radius 3 is 3.00 bits per heavy atom. The van der Waals surface area contributed by atoms with Crippen molar-refractivity contribution in [1.82, 2.24) is 4.90 Å². The van der Waals surface area contributed by atoms with Crippen LogP contribution in [0.4, 0.5) is 4.79 Å². The molecule has 1 aliphatic heterocycles. The van der Waals surface area contributed by atoms with Gasteiger partial charge >= 0.3 is 6.09 Å². The number of nitrogens with zero attached hydrogens (tertiary/aromatic N) is 1. The molecular weight excluding hydrogens is 218 g/mol. The van der Waals surface area contributed by atoms with Gasteiger partial charge in [0.05, 0.1) is 13.2 Å². The van der Waals surface area contributed by atoms with Gasteiger partial charge in [0.2, 0.25) is 0 Å². The van der Waals surface area contributed by atoms with Crippen LogP contribution < -0.4 is 0 Å². The standard InChI is InChI=1S/C10H14ClNO3/c1-2-15-10(14)12-5-3-4-9(11)8(6-12)7-13/h7H,2-6H2,1H3. The number of allylic oxidation sites excluding steroid dienone is 1. The Labute approximate surface area is 93.8 Å². The normalized spacial score (nSPS) is 17.3. The lowest BCUT2D eigenvalue weighted by molar-refractivity contribution is -0.105. The van der Waals surface area contributed by atoms with Crippen LogP contribution in [0.15, 0.2) is 10.6 Å². The first kappa shape index (κ1) is 12.0. The average Bonchev–Trinajstić information content (AvgIpc) is 2.40. The zero-order valence-electron chi connectivity index (χ0n) is 8.66. The number of hydrogen-bond acceptors (Lipinski definition) is 3. The zero-order valence-corrected chi connectivity index (χ0v) is 9.42. The minimum Gasteiger partial charge on any atom is -0.450 e. The third-order valence-electron chi connectivity index (χ3n) is 2.20. The van der Waals surface area contributed by atoms with Gasteiger partial charge in [-0.05, 0) is 19.8 Å². The lowest BCUT2D eigenvalue weighted by Gasteiger charge is -2.19. The van der Waals surface area contributed by atoms with Gasteiger partial charge in [0, 0.05) is 17.2 Å². The van der Waals surface area contributed by atoms with E-state index in [-0.39, 0.29) is 12.6 Å². The van der Waals surface area contributed by atoms with Crippen LogP contribution in [0.1, 0.15) is 19.8 Å². The van der Waals surface area contributed by atoms with Crippen LogP contribution in [0, 0.1) is 0 Å². The predicted molar refractivity (Wildman–Crippen MR) is 56.8 cm³/mol. The Kier molecular flexibility index (Phi) is 4.62. The second-order valence-corrected chi connectivity index (χ2v) is 3.73. The van der Waals surface area contributed by atoms with Crippen molar-refractivity contribution in [3.8, 4) is 0 Å². The van der Waals surface area contributed by atoms with E-state index >= 15 is 0 Å². The van der Waals surface area contributed by atoms with Crippen molar-refractivity contribution in [2.24, 2.45) is 0 Å². The summed E-state index contributed by atoms with van der Waals surface area (Å²) in [6.07, 6.45) is 1.73. The maximum atomic E-state index is 11.4. The van der Waals surface area contributed by atoms with Crippen molar-refractivity contribution < 1.29 is 14.3 Å². The molecular formula is C10H14ClNO3. The van der Waals surface area contributed by atoms with Crippen molar-refractivity contribution in [1.29, 1.82) is 0 Å². The Balaban J connectivity index is 2.70. The summed E-state index contributed by atoms with van der Waals surface area (Å²) in [4.78, 5) is 23.7. The first-order valence-corrected chi connectivity index (χ1v) is 5.31. The number of carbonyl (C=O) groups excluding carboxylic acids is 2. The van der Waals surface area contributed by atoms with Gasteiger partial charge in [-0.1, -0.05) is 11.6 Å². The van der Waals surface area contributed by atoms with E-state index in [1.807, 2.05) is 0 Å². The molecule has 0 atom stereocenters. The largest absolute Gasteiger partial charge is 0.450 e. The van der Waals surface area contributed by atoms with Gasteiger partial charge in [0.1, 0.15) is 6.29 Å². The maximum absolute atomic E-state index is 11.4. The van der Waals surface area contributed by atoms with E-state index in [4.69, 9.17) is 16.3 Å². The summed E-state index contributed by atoms with van der Waals surface area (Å²) in [5, 5.41) is 0.553. The molecule has 1 heterocycles. The molecule has 4 nitrogen and oxygen atoms in total. The quantitative estimate of drug-likeness (QED) is 0.683. The average molecular weight is 232 g/mol. The second-order valence-electron chi connectivity index (χ2n) is 3.27. The number of carbonyl (C=O) groups is 2. The number of halogens is 1. The Hall–Kier alpha value is -1.03. The first-order valence-electron chi connectivity index (χ1n) is 4.93. The Bertz CT molecular complexity index is 288. The third-order valence-corrected chi connectivity index (χ3v) is 2.63. The van der Waals surface area contributed by atoms with Gasteiger partial charge in [-0.15, -0.1) is 0 Å². The smallest absolute Gasteiger partial charge is 0.410 e. The van der Waals surface area contributed by atoms with Gasteiger partial charge in [0.25, 0.3) is 0 Å². The van der Waals surface area contributed by atoms with Crippen molar-refractivity contribution in [3.05, 3.63) is 10.6 Å². The minimum absolute atomic E-state index is 0.251. The van der Waals surface area contributed by atoms with Gasteiger partial charge in [-0.25, -0.2) is 4.79 Å². The summed E-state index contributed by atoms with van der Waals surface area (Å²) in [7, 11) is 0. The van der Waals surface area contributed by atoms with Crippen LogP contribution in [-0.2, 0) is 9.53 Å². The molecule has 0 radical (unpaired) electrons. The van der Waals surface area contributed by atoms with Crippen LogP contribution in [0.5, 0.6) is 0 Å². The Morgan fingerprint density at radius 1 is 1.67 bits per heavy atom. The van der Waals surface area contributed by atoms with Crippen LogP contribution in [0.2, 0.25) is 0 Å². The van der Waals surface area contributed by atoms with E-state index < -0.39 is 0 Å². The summed E-state index contributed by atoms with van der Waals surface area (Å²) in [6.45, 7) is 2.91. The van der Waals surface area contributed by atoms with E-state index in [0.717, 1.165) is 6.42 Å². The van der Waals surface area contributed by atoms with E-state index in [1.54, 1.807) is 6.92 Å². The zero-order chi connectivity index (χ0) is 11.3. The molecule has 0 unspecified atom stereocenters. The molecule has 0 aromatic heterocycles. The van der Waals surface area contributed by atoms with Gasteiger partial charge in [-0.3, -0.25) is 4.79 Å². The maximum Gasteiger partial charge on any atom is 0.410 e. The van der Waals surface area contributed by atoms with Gasteiger partial charge in [0.15, 0.2) is 0 Å². The highest BCUT2D eigenvalue weighted by Gasteiger charge is 2.20. The van der Waals surface area contributed by atoms with Crippen molar-refractivity contribution >= 4 is 24.0 Å². The number of ether oxygens (including phenoxy) is 1. The molecule has 0 N–H and O–H groups in total. The molecule has 0 saturated carbocycles. The van der Waals surface area contributed by atoms with E-state index in [9.17, 15) is 9.59 Å².